The lowest BCUT2D eigenvalue weighted by molar-refractivity contribution is 0.0183. The molecule has 5 rings (SSSR count). The molecule has 36 heavy (non-hydrogen) atoms. The van der Waals surface area contributed by atoms with E-state index in [1.165, 1.54) is 36.7 Å². The zero-order valence-electron chi connectivity index (χ0n) is 19.2. The molecule has 1 fully saturated rings. The fourth-order valence-electron chi connectivity index (χ4n) is 4.07. The van der Waals surface area contributed by atoms with Gasteiger partial charge in [0.05, 0.1) is 18.1 Å². The van der Waals surface area contributed by atoms with E-state index in [2.05, 4.69) is 25.4 Å². The fraction of sp³-hybridized carbons (Fsp3) is 0.304. The van der Waals surface area contributed by atoms with Crippen LogP contribution in [0.5, 0.6) is 0 Å². The van der Waals surface area contributed by atoms with E-state index in [-0.39, 0.29) is 22.8 Å². The van der Waals surface area contributed by atoms with Gasteiger partial charge in [0.1, 0.15) is 22.9 Å². The molecule has 188 valence electrons. The van der Waals surface area contributed by atoms with E-state index in [0.717, 1.165) is 4.31 Å². The van der Waals surface area contributed by atoms with Crippen molar-refractivity contribution in [1.29, 1.82) is 0 Å². The Balaban J connectivity index is 1.67. The number of sulfonamides is 1. The standard InChI is InChI=1S/C23H21F3N6O3S/c1-13(21-30-14(2)35-31-21)29-22-18-9-16(15-3-5-17(24)6-4-15)10-19(20(18)27-12-28-22)36(33,34)32-8-7-23(25,26)11-32/h3-6,9-10,12-13H,7-8,11H2,1-2H3,(H,27,28,29)/t13-/m1/s1. The lowest BCUT2D eigenvalue weighted by Crippen LogP contribution is -2.31. The first-order valence-electron chi connectivity index (χ1n) is 11.0. The molecule has 2 aromatic heterocycles. The summed E-state index contributed by atoms with van der Waals surface area (Å²) in [6, 6.07) is 8.05. The second-order valence-corrected chi connectivity index (χ2v) is 10.5. The third-order valence-electron chi connectivity index (χ3n) is 5.92. The van der Waals surface area contributed by atoms with Gasteiger partial charge in [0.15, 0.2) is 5.82 Å². The Bertz CT molecular complexity index is 1540. The van der Waals surface area contributed by atoms with Crippen LogP contribution in [-0.2, 0) is 10.0 Å². The molecule has 1 saturated heterocycles. The summed E-state index contributed by atoms with van der Waals surface area (Å²) >= 11 is 0. The van der Waals surface area contributed by atoms with Crippen molar-refractivity contribution >= 4 is 26.7 Å². The zero-order chi connectivity index (χ0) is 25.7. The number of benzene rings is 2. The first kappa shape index (κ1) is 24.1. The number of anilines is 1. The first-order valence-corrected chi connectivity index (χ1v) is 12.5. The number of fused-ring (bicyclic) bond motifs is 1. The van der Waals surface area contributed by atoms with Crippen LogP contribution in [0.15, 0.2) is 52.1 Å². The van der Waals surface area contributed by atoms with Crippen molar-refractivity contribution in [2.75, 3.05) is 18.4 Å². The molecule has 1 N–H and O–H groups in total. The summed E-state index contributed by atoms with van der Waals surface area (Å²) in [5.41, 5.74) is 1.01. The molecule has 9 nitrogen and oxygen atoms in total. The number of aromatic nitrogens is 4. The molecule has 0 bridgehead atoms. The second-order valence-electron chi connectivity index (χ2n) is 8.58. The van der Waals surface area contributed by atoms with Gasteiger partial charge in [-0.05, 0) is 42.3 Å². The summed E-state index contributed by atoms with van der Waals surface area (Å²) in [5, 5.41) is 7.36. The van der Waals surface area contributed by atoms with Crippen LogP contribution < -0.4 is 5.32 Å². The summed E-state index contributed by atoms with van der Waals surface area (Å²) in [6.07, 6.45) is 0.624. The smallest absolute Gasteiger partial charge is 0.262 e. The lowest BCUT2D eigenvalue weighted by atomic mass is 10.0. The molecular weight excluding hydrogens is 497 g/mol. The highest BCUT2D eigenvalue weighted by Crippen LogP contribution is 2.37. The molecular formula is C23H21F3N6O3S. The quantitative estimate of drug-likeness (QED) is 0.401. The largest absolute Gasteiger partial charge is 0.360 e. The number of alkyl halides is 2. The van der Waals surface area contributed by atoms with Crippen LogP contribution in [0, 0.1) is 12.7 Å². The molecule has 0 saturated carbocycles. The molecule has 1 aliphatic rings. The van der Waals surface area contributed by atoms with Gasteiger partial charge in [-0.3, -0.25) is 0 Å². The van der Waals surface area contributed by atoms with Gasteiger partial charge in [0, 0.05) is 25.3 Å². The van der Waals surface area contributed by atoms with E-state index in [9.17, 15) is 21.6 Å². The van der Waals surface area contributed by atoms with Gasteiger partial charge in [-0.2, -0.15) is 9.29 Å². The van der Waals surface area contributed by atoms with E-state index in [1.54, 1.807) is 19.9 Å². The number of nitrogens with one attached hydrogen (secondary N) is 1. The van der Waals surface area contributed by atoms with Gasteiger partial charge >= 0.3 is 0 Å². The van der Waals surface area contributed by atoms with Crippen LogP contribution in [-0.4, -0.2) is 51.8 Å². The Morgan fingerprint density at radius 3 is 2.53 bits per heavy atom. The number of hydrogen-bond acceptors (Lipinski definition) is 8. The summed E-state index contributed by atoms with van der Waals surface area (Å²) in [7, 11) is -4.35. The fourth-order valence-corrected chi connectivity index (χ4v) is 5.72. The van der Waals surface area contributed by atoms with Crippen LogP contribution in [0.25, 0.3) is 22.0 Å². The summed E-state index contributed by atoms with van der Waals surface area (Å²) in [4.78, 5) is 12.4. The molecule has 3 heterocycles. The normalized spacial score (nSPS) is 16.9. The Hall–Kier alpha value is -3.58. The highest BCUT2D eigenvalue weighted by molar-refractivity contribution is 7.89. The van der Waals surface area contributed by atoms with Crippen molar-refractivity contribution in [3.05, 3.63) is 60.3 Å². The lowest BCUT2D eigenvalue weighted by Gasteiger charge is -2.19. The third kappa shape index (κ3) is 4.51. The number of nitrogens with zero attached hydrogens (tertiary/aromatic N) is 5. The molecule has 0 aliphatic carbocycles. The van der Waals surface area contributed by atoms with Crippen molar-refractivity contribution in [2.45, 2.75) is 37.1 Å². The summed E-state index contributed by atoms with van der Waals surface area (Å²) in [5.74, 6) is -2.55. The van der Waals surface area contributed by atoms with Crippen molar-refractivity contribution in [3.63, 3.8) is 0 Å². The average molecular weight is 519 g/mol. The SMILES string of the molecule is Cc1nc([C@@H](C)Nc2ncnc3c(S(=O)(=O)N4CCC(F)(F)C4)cc(-c4ccc(F)cc4)cc23)no1. The minimum Gasteiger partial charge on any atom is -0.360 e. The van der Waals surface area contributed by atoms with E-state index < -0.39 is 40.8 Å². The number of aryl methyl sites for hydroxylation is 1. The Labute approximate surface area is 204 Å². The monoisotopic (exact) mass is 518 g/mol. The van der Waals surface area contributed by atoms with Crippen molar-refractivity contribution in [3.8, 4) is 11.1 Å². The maximum absolute atomic E-state index is 13.9. The van der Waals surface area contributed by atoms with E-state index in [4.69, 9.17) is 4.52 Å². The van der Waals surface area contributed by atoms with Crippen LogP contribution in [0.3, 0.4) is 0 Å². The Kier molecular flexibility index (Phi) is 5.91. The highest BCUT2D eigenvalue weighted by atomic mass is 32.2. The predicted molar refractivity (Wildman–Crippen MR) is 124 cm³/mol. The molecule has 0 radical (unpaired) electrons. The number of hydrogen-bond donors (Lipinski definition) is 1. The molecule has 4 aromatic rings. The maximum Gasteiger partial charge on any atom is 0.262 e. The number of rotatable bonds is 6. The van der Waals surface area contributed by atoms with Crippen molar-refractivity contribution in [2.24, 2.45) is 0 Å². The van der Waals surface area contributed by atoms with Gasteiger partial charge in [-0.25, -0.2) is 31.6 Å². The van der Waals surface area contributed by atoms with Crippen LogP contribution >= 0.6 is 0 Å². The highest BCUT2D eigenvalue weighted by Gasteiger charge is 2.44. The average Bonchev–Trinajstić information content (AvgIpc) is 3.44. The van der Waals surface area contributed by atoms with Crippen molar-refractivity contribution < 1.29 is 26.1 Å². The van der Waals surface area contributed by atoms with E-state index in [1.807, 2.05) is 0 Å². The molecule has 0 unspecified atom stereocenters. The van der Waals surface area contributed by atoms with E-state index >= 15 is 0 Å². The van der Waals surface area contributed by atoms with Gasteiger partial charge in [-0.15, -0.1) is 0 Å². The van der Waals surface area contributed by atoms with Crippen LogP contribution in [0.2, 0.25) is 0 Å². The minimum atomic E-state index is -4.35. The van der Waals surface area contributed by atoms with E-state index in [0.29, 0.717) is 28.2 Å². The van der Waals surface area contributed by atoms with Crippen molar-refractivity contribution in [1.82, 2.24) is 24.4 Å². The minimum absolute atomic E-state index is 0.0603. The van der Waals surface area contributed by atoms with Crippen LogP contribution in [0.1, 0.15) is 31.1 Å². The Morgan fingerprint density at radius 2 is 1.89 bits per heavy atom. The maximum atomic E-state index is 13.9. The molecule has 2 aromatic carbocycles. The molecule has 1 atom stereocenters. The van der Waals surface area contributed by atoms with Crippen LogP contribution in [0.4, 0.5) is 19.0 Å². The first-order chi connectivity index (χ1) is 17.0. The zero-order valence-corrected chi connectivity index (χ0v) is 20.1. The number of halogens is 3. The molecule has 0 amide bonds. The molecule has 0 spiro atoms. The predicted octanol–water partition coefficient (Wildman–Crippen LogP) is 4.33. The molecule has 13 heteroatoms. The summed E-state index contributed by atoms with van der Waals surface area (Å²) in [6.45, 7) is 2.19. The third-order valence-corrected chi connectivity index (χ3v) is 7.78. The topological polar surface area (TPSA) is 114 Å². The second kappa shape index (κ2) is 8.82. The Morgan fingerprint density at radius 1 is 1.14 bits per heavy atom. The van der Waals surface area contributed by atoms with Gasteiger partial charge in [0.2, 0.25) is 15.9 Å². The van der Waals surface area contributed by atoms with Gasteiger partial charge < -0.3 is 9.84 Å². The van der Waals surface area contributed by atoms with Gasteiger partial charge in [-0.1, -0.05) is 17.3 Å². The van der Waals surface area contributed by atoms with Gasteiger partial charge in [0.25, 0.3) is 5.92 Å². The summed E-state index contributed by atoms with van der Waals surface area (Å²) < 4.78 is 74.3. The molecule has 1 aliphatic heterocycles.